The van der Waals surface area contributed by atoms with E-state index in [2.05, 4.69) is 21.5 Å². The van der Waals surface area contributed by atoms with Gasteiger partial charge in [-0.15, -0.1) is 0 Å². The van der Waals surface area contributed by atoms with Crippen molar-refractivity contribution in [2.75, 3.05) is 25.1 Å². The Hall–Kier alpha value is -3.44. The van der Waals surface area contributed by atoms with E-state index >= 15 is 0 Å². The van der Waals surface area contributed by atoms with Gasteiger partial charge in [-0.1, -0.05) is 0 Å². The molecule has 32 heavy (non-hydrogen) atoms. The maximum absolute atomic E-state index is 9.13. The van der Waals surface area contributed by atoms with Crippen LogP contribution in [0.15, 0.2) is 42.9 Å². The molecule has 1 aliphatic heterocycles. The molecule has 1 aromatic carbocycles. The van der Waals surface area contributed by atoms with E-state index in [0.29, 0.717) is 18.6 Å². The molecule has 1 fully saturated rings. The van der Waals surface area contributed by atoms with E-state index in [9.17, 15) is 0 Å². The Morgan fingerprint density at radius 1 is 1.22 bits per heavy atom. The van der Waals surface area contributed by atoms with Crippen molar-refractivity contribution >= 4 is 11.6 Å². The molecule has 1 saturated heterocycles. The van der Waals surface area contributed by atoms with Gasteiger partial charge in [0.2, 0.25) is 5.95 Å². The Morgan fingerprint density at radius 3 is 2.69 bits per heavy atom. The van der Waals surface area contributed by atoms with E-state index in [0.717, 1.165) is 54.3 Å². The van der Waals surface area contributed by atoms with Gasteiger partial charge in [-0.25, -0.2) is 9.97 Å². The van der Waals surface area contributed by atoms with Gasteiger partial charge in [0, 0.05) is 31.2 Å². The fourth-order valence-corrected chi connectivity index (χ4v) is 3.48. The minimum atomic E-state index is -0.527. The van der Waals surface area contributed by atoms with Gasteiger partial charge in [-0.05, 0) is 63.4 Å². The molecule has 3 aromatic rings. The molecule has 8 nitrogen and oxygen atoms in total. The molecule has 0 radical (unpaired) electrons. The summed E-state index contributed by atoms with van der Waals surface area (Å²) in [6, 6.07) is 10.3. The van der Waals surface area contributed by atoms with Gasteiger partial charge in [0.1, 0.15) is 12.4 Å². The summed E-state index contributed by atoms with van der Waals surface area (Å²) in [7, 11) is 0. The molecule has 2 aromatic heterocycles. The molecule has 4 rings (SSSR count). The number of hydrogen-bond donors (Lipinski definition) is 1. The highest BCUT2D eigenvalue weighted by Gasteiger charge is 2.18. The Bertz CT molecular complexity index is 1090. The lowest BCUT2D eigenvalue weighted by atomic mass is 9.98. The van der Waals surface area contributed by atoms with Crippen molar-refractivity contribution < 1.29 is 9.47 Å². The third kappa shape index (κ3) is 5.24. The Kier molecular flexibility index (Phi) is 6.37. The van der Waals surface area contributed by atoms with Crippen LogP contribution < -0.4 is 10.1 Å². The molecule has 1 N–H and O–H groups in total. The maximum Gasteiger partial charge on any atom is 0.227 e. The number of aryl methyl sites for hydroxylation is 1. The normalized spacial score (nSPS) is 14.7. The monoisotopic (exact) mass is 432 g/mol. The number of aromatic nitrogens is 4. The van der Waals surface area contributed by atoms with Crippen LogP contribution in [0.25, 0.3) is 11.3 Å². The van der Waals surface area contributed by atoms with Crippen LogP contribution in [0, 0.1) is 23.7 Å². The van der Waals surface area contributed by atoms with Crippen molar-refractivity contribution in [3.05, 3.63) is 48.4 Å². The van der Waals surface area contributed by atoms with Crippen molar-refractivity contribution in [1.29, 1.82) is 5.26 Å². The van der Waals surface area contributed by atoms with Gasteiger partial charge in [0.25, 0.3) is 0 Å². The number of nitrogens with zero attached hydrogens (tertiary/aromatic N) is 5. The second-order valence-electron chi connectivity index (χ2n) is 8.71. The highest BCUT2D eigenvalue weighted by molar-refractivity contribution is 5.65. The lowest BCUT2D eigenvalue weighted by Gasteiger charge is -2.22. The van der Waals surface area contributed by atoms with E-state index in [1.165, 1.54) is 0 Å². The number of anilines is 2. The van der Waals surface area contributed by atoms with Crippen molar-refractivity contribution in [2.24, 2.45) is 5.41 Å². The lowest BCUT2D eigenvalue weighted by Crippen LogP contribution is -2.19. The molecule has 0 spiro atoms. The topological polar surface area (TPSA) is 97.9 Å². The largest absolute Gasteiger partial charge is 0.492 e. The molecule has 0 aliphatic carbocycles. The number of rotatable bonds is 7. The first kappa shape index (κ1) is 21.8. The fourth-order valence-electron chi connectivity index (χ4n) is 3.48. The SMILES string of the molecule is Cc1cnc(Nc2cnn(C3CCOCC3)c2)nc1-c1ccc(OCC(C)(C)C#N)cc1. The highest BCUT2D eigenvalue weighted by atomic mass is 16.5. The summed E-state index contributed by atoms with van der Waals surface area (Å²) < 4.78 is 13.2. The summed E-state index contributed by atoms with van der Waals surface area (Å²) in [4.78, 5) is 9.15. The van der Waals surface area contributed by atoms with Crippen LogP contribution >= 0.6 is 0 Å². The molecule has 1 aliphatic rings. The van der Waals surface area contributed by atoms with Crippen LogP contribution in [0.3, 0.4) is 0 Å². The number of ether oxygens (including phenoxy) is 2. The lowest BCUT2D eigenvalue weighted by molar-refractivity contribution is 0.0662. The van der Waals surface area contributed by atoms with E-state index in [-0.39, 0.29) is 0 Å². The van der Waals surface area contributed by atoms with E-state index in [1.54, 1.807) is 6.20 Å². The Morgan fingerprint density at radius 2 is 1.97 bits per heavy atom. The molecule has 0 atom stereocenters. The zero-order valence-corrected chi connectivity index (χ0v) is 18.7. The van der Waals surface area contributed by atoms with Crippen LogP contribution in [0.5, 0.6) is 5.75 Å². The van der Waals surface area contributed by atoms with Gasteiger partial charge in [-0.3, -0.25) is 4.68 Å². The van der Waals surface area contributed by atoms with E-state index in [1.807, 2.05) is 62.1 Å². The molecule has 166 valence electrons. The average molecular weight is 433 g/mol. The Labute approximate surface area is 188 Å². The van der Waals surface area contributed by atoms with Crippen molar-refractivity contribution in [2.45, 2.75) is 39.7 Å². The third-order valence-corrected chi connectivity index (χ3v) is 5.42. The smallest absolute Gasteiger partial charge is 0.227 e. The summed E-state index contributed by atoms with van der Waals surface area (Å²) in [5.74, 6) is 1.25. The first-order valence-corrected chi connectivity index (χ1v) is 10.8. The quantitative estimate of drug-likeness (QED) is 0.579. The number of nitriles is 1. The minimum absolute atomic E-state index is 0.338. The molecule has 0 unspecified atom stereocenters. The van der Waals surface area contributed by atoms with Crippen LogP contribution in [0.2, 0.25) is 0 Å². The predicted octanol–water partition coefficient (Wildman–Crippen LogP) is 4.67. The molecular weight excluding hydrogens is 404 g/mol. The number of hydrogen-bond acceptors (Lipinski definition) is 7. The number of benzene rings is 1. The van der Waals surface area contributed by atoms with E-state index in [4.69, 9.17) is 19.7 Å². The fraction of sp³-hybridized carbons (Fsp3) is 0.417. The van der Waals surface area contributed by atoms with Gasteiger partial charge in [0.15, 0.2) is 0 Å². The molecule has 0 amide bonds. The zero-order chi connectivity index (χ0) is 22.6. The Balaban J connectivity index is 1.46. The highest BCUT2D eigenvalue weighted by Crippen LogP contribution is 2.27. The van der Waals surface area contributed by atoms with Crippen LogP contribution in [-0.2, 0) is 4.74 Å². The first-order valence-electron chi connectivity index (χ1n) is 10.8. The van der Waals surface area contributed by atoms with E-state index < -0.39 is 5.41 Å². The molecule has 0 bridgehead atoms. The summed E-state index contributed by atoms with van der Waals surface area (Å²) in [5.41, 5.74) is 3.13. The molecular formula is C24H28N6O2. The van der Waals surface area contributed by atoms with Crippen LogP contribution in [0.4, 0.5) is 11.6 Å². The predicted molar refractivity (Wildman–Crippen MR) is 122 cm³/mol. The summed E-state index contributed by atoms with van der Waals surface area (Å²) >= 11 is 0. The van der Waals surface area contributed by atoms with Crippen LogP contribution in [-0.4, -0.2) is 39.6 Å². The second-order valence-corrected chi connectivity index (χ2v) is 8.71. The van der Waals surface area contributed by atoms with Gasteiger partial charge in [-0.2, -0.15) is 10.4 Å². The van der Waals surface area contributed by atoms with Crippen molar-refractivity contribution in [3.8, 4) is 23.1 Å². The first-order chi connectivity index (χ1) is 15.4. The third-order valence-electron chi connectivity index (χ3n) is 5.42. The average Bonchev–Trinajstić information content (AvgIpc) is 3.28. The summed E-state index contributed by atoms with van der Waals surface area (Å²) in [5, 5.41) is 16.9. The molecule has 8 heteroatoms. The summed E-state index contributed by atoms with van der Waals surface area (Å²) in [6.45, 7) is 7.59. The molecule has 0 saturated carbocycles. The minimum Gasteiger partial charge on any atom is -0.492 e. The van der Waals surface area contributed by atoms with Crippen molar-refractivity contribution in [1.82, 2.24) is 19.7 Å². The standard InChI is InChI=1S/C24H28N6O2/c1-17-12-26-23(28-19-13-27-30(14-19)20-8-10-31-11-9-20)29-22(17)18-4-6-21(7-5-18)32-16-24(2,3)15-25/h4-7,12-14,20H,8-11,16H2,1-3H3,(H,26,28,29). The van der Waals surface area contributed by atoms with Crippen LogP contribution in [0.1, 0.15) is 38.3 Å². The van der Waals surface area contributed by atoms with Gasteiger partial charge < -0.3 is 14.8 Å². The zero-order valence-electron chi connectivity index (χ0n) is 18.7. The molecule has 3 heterocycles. The van der Waals surface area contributed by atoms with Gasteiger partial charge >= 0.3 is 0 Å². The second kappa shape index (κ2) is 9.37. The maximum atomic E-state index is 9.13. The van der Waals surface area contributed by atoms with Gasteiger partial charge in [0.05, 0.1) is 35.1 Å². The summed E-state index contributed by atoms with van der Waals surface area (Å²) in [6.07, 6.45) is 7.55. The number of nitrogens with one attached hydrogen (secondary N) is 1. The van der Waals surface area contributed by atoms with Crippen molar-refractivity contribution in [3.63, 3.8) is 0 Å².